The van der Waals surface area contributed by atoms with Gasteiger partial charge in [-0.15, -0.1) is 0 Å². The molecule has 0 fully saturated rings. The molecule has 1 aliphatic heterocycles. The first kappa shape index (κ1) is 26.7. The second-order valence-electron chi connectivity index (χ2n) is 8.61. The van der Waals surface area contributed by atoms with Gasteiger partial charge < -0.3 is 25.4 Å². The van der Waals surface area contributed by atoms with Gasteiger partial charge in [0, 0.05) is 30.7 Å². The average Bonchev–Trinajstić information content (AvgIpc) is 2.85. The maximum Gasteiger partial charge on any atom is 0.338 e. The van der Waals surface area contributed by atoms with E-state index in [0.717, 1.165) is 23.2 Å². The van der Waals surface area contributed by atoms with Crippen LogP contribution in [0.4, 0.5) is 21.0 Å². The summed E-state index contributed by atoms with van der Waals surface area (Å²) < 4.78 is 10.4. The number of esters is 1. The fraction of sp³-hybridized carbons (Fsp3) is 0.370. The summed E-state index contributed by atoms with van der Waals surface area (Å²) in [7, 11) is 1.53. The number of nitrogens with zero attached hydrogens (tertiary/aromatic N) is 1. The van der Waals surface area contributed by atoms with Crippen LogP contribution in [0.3, 0.4) is 0 Å². The summed E-state index contributed by atoms with van der Waals surface area (Å²) >= 11 is 0. The lowest BCUT2D eigenvalue weighted by Crippen LogP contribution is -2.48. The fourth-order valence-electron chi connectivity index (χ4n) is 4.01. The number of aryl methyl sites for hydroxylation is 1. The van der Waals surface area contributed by atoms with E-state index in [1.165, 1.54) is 7.11 Å². The number of rotatable bonds is 9. The first-order chi connectivity index (χ1) is 17.3. The second kappa shape index (κ2) is 12.2. The molecule has 2 aromatic carbocycles. The highest BCUT2D eigenvalue weighted by atomic mass is 16.6. The molecular formula is C27H34N4O5. The molecule has 36 heavy (non-hydrogen) atoms. The highest BCUT2D eigenvalue weighted by Gasteiger charge is 2.36. The summed E-state index contributed by atoms with van der Waals surface area (Å²) in [6.45, 7) is 8.52. The first-order valence-corrected chi connectivity index (χ1v) is 12.0. The van der Waals surface area contributed by atoms with E-state index in [1.807, 2.05) is 39.0 Å². The number of urea groups is 2. The van der Waals surface area contributed by atoms with Crippen molar-refractivity contribution in [3.63, 3.8) is 0 Å². The zero-order valence-corrected chi connectivity index (χ0v) is 21.4. The Balaban J connectivity index is 1.79. The van der Waals surface area contributed by atoms with Crippen molar-refractivity contribution in [2.45, 2.75) is 40.2 Å². The monoisotopic (exact) mass is 494 g/mol. The minimum atomic E-state index is -0.682. The van der Waals surface area contributed by atoms with Crippen LogP contribution in [0.5, 0.6) is 0 Å². The molecule has 1 unspecified atom stereocenters. The van der Waals surface area contributed by atoms with Crippen LogP contribution in [-0.2, 0) is 14.3 Å². The van der Waals surface area contributed by atoms with Gasteiger partial charge in [-0.05, 0) is 62.1 Å². The number of methoxy groups -OCH3 is 1. The lowest BCUT2D eigenvalue weighted by atomic mass is 9.94. The van der Waals surface area contributed by atoms with E-state index in [1.54, 1.807) is 36.1 Å². The molecular weight excluding hydrogens is 460 g/mol. The smallest absolute Gasteiger partial charge is 0.338 e. The number of carbonyl (C=O) groups excluding carboxylic acids is 3. The number of allylic oxidation sites excluding steroid dienone is 1. The Labute approximate surface area is 211 Å². The SMILES string of the molecule is CCCN1C(=O)NC(c2ccc(NC(=O)Nc3cccc(C)c3C)cc2)C(C(=O)OCCOC)=C1C. The second-order valence-corrected chi connectivity index (χ2v) is 8.61. The van der Waals surface area contributed by atoms with Crippen LogP contribution in [0.25, 0.3) is 0 Å². The molecule has 0 spiro atoms. The number of hydrogen-bond acceptors (Lipinski definition) is 5. The molecule has 2 aromatic rings. The molecule has 3 rings (SSSR count). The Morgan fingerprint density at radius 3 is 2.42 bits per heavy atom. The van der Waals surface area contributed by atoms with E-state index in [0.29, 0.717) is 29.1 Å². The van der Waals surface area contributed by atoms with E-state index in [4.69, 9.17) is 9.47 Å². The third kappa shape index (κ3) is 6.23. The van der Waals surface area contributed by atoms with Gasteiger partial charge in [-0.1, -0.05) is 31.2 Å². The third-order valence-corrected chi connectivity index (χ3v) is 6.14. The van der Waals surface area contributed by atoms with E-state index in [9.17, 15) is 14.4 Å². The summed E-state index contributed by atoms with van der Waals surface area (Å²) in [5.41, 5.74) is 5.02. The van der Waals surface area contributed by atoms with Crippen molar-refractivity contribution < 1.29 is 23.9 Å². The predicted octanol–water partition coefficient (Wildman–Crippen LogP) is 4.89. The van der Waals surface area contributed by atoms with Crippen LogP contribution >= 0.6 is 0 Å². The van der Waals surface area contributed by atoms with Crippen molar-refractivity contribution in [1.82, 2.24) is 10.2 Å². The molecule has 0 aliphatic carbocycles. The molecule has 9 nitrogen and oxygen atoms in total. The van der Waals surface area contributed by atoms with Crippen LogP contribution in [0.15, 0.2) is 53.7 Å². The van der Waals surface area contributed by atoms with Gasteiger partial charge >= 0.3 is 18.0 Å². The van der Waals surface area contributed by atoms with Gasteiger partial charge in [-0.25, -0.2) is 14.4 Å². The molecule has 192 valence electrons. The highest BCUT2D eigenvalue weighted by molar-refractivity contribution is 6.00. The minimum Gasteiger partial charge on any atom is -0.460 e. The Kier molecular flexibility index (Phi) is 9.08. The molecule has 4 amide bonds. The number of benzene rings is 2. The largest absolute Gasteiger partial charge is 0.460 e. The molecule has 1 heterocycles. The lowest BCUT2D eigenvalue weighted by Gasteiger charge is -2.35. The van der Waals surface area contributed by atoms with Gasteiger partial charge in [-0.3, -0.25) is 4.90 Å². The summed E-state index contributed by atoms with van der Waals surface area (Å²) in [4.78, 5) is 39.8. The summed E-state index contributed by atoms with van der Waals surface area (Å²) in [6, 6.07) is 11.4. The molecule has 9 heteroatoms. The van der Waals surface area contributed by atoms with Crippen LogP contribution in [-0.4, -0.2) is 49.8 Å². The van der Waals surface area contributed by atoms with Crippen molar-refractivity contribution in [3.8, 4) is 0 Å². The molecule has 1 atom stereocenters. The lowest BCUT2D eigenvalue weighted by molar-refractivity contribution is -0.140. The molecule has 0 radical (unpaired) electrons. The zero-order chi connectivity index (χ0) is 26.2. The maximum absolute atomic E-state index is 13.0. The van der Waals surface area contributed by atoms with Crippen molar-refractivity contribution in [3.05, 3.63) is 70.4 Å². The molecule has 0 bridgehead atoms. The van der Waals surface area contributed by atoms with E-state index < -0.39 is 12.0 Å². The molecule has 0 saturated heterocycles. The summed E-state index contributed by atoms with van der Waals surface area (Å²) in [5.74, 6) is -0.509. The van der Waals surface area contributed by atoms with E-state index >= 15 is 0 Å². The Morgan fingerprint density at radius 1 is 1.03 bits per heavy atom. The number of amides is 4. The van der Waals surface area contributed by atoms with Crippen molar-refractivity contribution in [2.24, 2.45) is 0 Å². The van der Waals surface area contributed by atoms with Crippen LogP contribution in [0.1, 0.15) is 43.0 Å². The van der Waals surface area contributed by atoms with Crippen LogP contribution in [0, 0.1) is 13.8 Å². The minimum absolute atomic E-state index is 0.110. The van der Waals surface area contributed by atoms with E-state index in [2.05, 4.69) is 16.0 Å². The molecule has 1 aliphatic rings. The van der Waals surface area contributed by atoms with Gasteiger partial charge in [0.15, 0.2) is 0 Å². The fourth-order valence-corrected chi connectivity index (χ4v) is 4.01. The first-order valence-electron chi connectivity index (χ1n) is 12.0. The van der Waals surface area contributed by atoms with Crippen molar-refractivity contribution in [1.29, 1.82) is 0 Å². The summed E-state index contributed by atoms with van der Waals surface area (Å²) in [6.07, 6.45) is 0.742. The number of hydrogen-bond donors (Lipinski definition) is 3. The standard InChI is InChI=1S/C27H34N4O5/c1-6-14-31-19(4)23(25(32)36-16-15-35-5)24(30-27(31)34)20-10-12-21(13-11-20)28-26(33)29-22-9-7-8-17(2)18(22)3/h7-13,24H,6,14-16H2,1-5H3,(H,30,34)(H2,28,29,33). The summed E-state index contributed by atoms with van der Waals surface area (Å²) in [5, 5.41) is 8.60. The highest BCUT2D eigenvalue weighted by Crippen LogP contribution is 2.32. The van der Waals surface area contributed by atoms with Gasteiger partial charge in [0.1, 0.15) is 6.61 Å². The quantitative estimate of drug-likeness (QED) is 0.340. The van der Waals surface area contributed by atoms with Gasteiger partial charge in [0.25, 0.3) is 0 Å². The van der Waals surface area contributed by atoms with Crippen molar-refractivity contribution >= 4 is 29.4 Å². The molecule has 0 aromatic heterocycles. The van der Waals surface area contributed by atoms with Crippen LogP contribution < -0.4 is 16.0 Å². The Hall–Kier alpha value is -3.85. The van der Waals surface area contributed by atoms with Gasteiger partial charge in [-0.2, -0.15) is 0 Å². The van der Waals surface area contributed by atoms with Crippen molar-refractivity contribution in [2.75, 3.05) is 37.5 Å². The maximum atomic E-state index is 13.0. The third-order valence-electron chi connectivity index (χ3n) is 6.14. The average molecular weight is 495 g/mol. The van der Waals surface area contributed by atoms with Gasteiger partial charge in [0.05, 0.1) is 18.2 Å². The number of anilines is 2. The zero-order valence-electron chi connectivity index (χ0n) is 21.4. The Bertz CT molecular complexity index is 1140. The van der Waals surface area contributed by atoms with Gasteiger partial charge in [0.2, 0.25) is 0 Å². The Morgan fingerprint density at radius 2 is 1.75 bits per heavy atom. The molecule has 3 N–H and O–H groups in total. The van der Waals surface area contributed by atoms with Crippen LogP contribution in [0.2, 0.25) is 0 Å². The van der Waals surface area contributed by atoms with E-state index in [-0.39, 0.29) is 25.3 Å². The number of ether oxygens (including phenoxy) is 2. The number of carbonyl (C=O) groups is 3. The predicted molar refractivity (Wildman–Crippen MR) is 139 cm³/mol. The topological polar surface area (TPSA) is 109 Å². The number of nitrogens with one attached hydrogen (secondary N) is 3. The molecule has 0 saturated carbocycles. The normalized spacial score (nSPS) is 15.4.